The van der Waals surface area contributed by atoms with Crippen LogP contribution in [0.1, 0.15) is 21.6 Å². The summed E-state index contributed by atoms with van der Waals surface area (Å²) in [6.07, 6.45) is 1.22. The molecule has 0 saturated heterocycles. The highest BCUT2D eigenvalue weighted by molar-refractivity contribution is 6.01. The zero-order valence-corrected chi connectivity index (χ0v) is 13.3. The number of carbonyl (C=O) groups excluding carboxylic acids is 1. The number of nitrogens with one attached hydrogen (secondary N) is 1. The van der Waals surface area contributed by atoms with Crippen molar-refractivity contribution in [3.05, 3.63) is 65.4 Å². The van der Waals surface area contributed by atoms with Gasteiger partial charge in [-0.3, -0.25) is 9.47 Å². The SMILES string of the molecule is O=Cc1c2n(c3ccccc13)N[C@@](Cc1ccc(O)cc1)(C(=O)O)C2. The van der Waals surface area contributed by atoms with E-state index in [0.29, 0.717) is 11.3 Å². The number of hydrogen-bond acceptors (Lipinski definition) is 4. The molecule has 0 aliphatic carbocycles. The molecule has 0 radical (unpaired) electrons. The third-order valence-corrected chi connectivity index (χ3v) is 4.78. The van der Waals surface area contributed by atoms with Gasteiger partial charge in [-0.1, -0.05) is 30.3 Å². The average molecular weight is 336 g/mol. The Balaban J connectivity index is 1.79. The van der Waals surface area contributed by atoms with Crippen molar-refractivity contribution < 1.29 is 19.8 Å². The van der Waals surface area contributed by atoms with Gasteiger partial charge in [0.15, 0.2) is 11.8 Å². The maximum atomic E-state index is 12.1. The Morgan fingerprint density at radius 2 is 1.92 bits per heavy atom. The Morgan fingerprint density at radius 1 is 1.20 bits per heavy atom. The second-order valence-electron chi connectivity index (χ2n) is 6.35. The summed E-state index contributed by atoms with van der Waals surface area (Å²) in [7, 11) is 0. The van der Waals surface area contributed by atoms with Gasteiger partial charge in [-0.25, -0.2) is 4.79 Å². The number of phenols is 1. The molecule has 0 saturated carbocycles. The van der Waals surface area contributed by atoms with E-state index in [1.807, 2.05) is 24.3 Å². The van der Waals surface area contributed by atoms with Crippen molar-refractivity contribution in [2.24, 2.45) is 0 Å². The number of aliphatic carboxylic acids is 1. The third-order valence-electron chi connectivity index (χ3n) is 4.78. The first-order valence-corrected chi connectivity index (χ1v) is 7.91. The molecule has 3 N–H and O–H groups in total. The number of carbonyl (C=O) groups is 2. The third kappa shape index (κ3) is 2.26. The zero-order chi connectivity index (χ0) is 17.6. The van der Waals surface area contributed by atoms with Crippen LogP contribution in [0.25, 0.3) is 10.9 Å². The van der Waals surface area contributed by atoms with Gasteiger partial charge in [0.1, 0.15) is 5.75 Å². The first kappa shape index (κ1) is 15.3. The van der Waals surface area contributed by atoms with Crippen molar-refractivity contribution in [3.8, 4) is 5.75 Å². The van der Waals surface area contributed by atoms with Crippen LogP contribution in [0, 0.1) is 0 Å². The summed E-state index contributed by atoms with van der Waals surface area (Å²) in [5, 5.41) is 20.1. The summed E-state index contributed by atoms with van der Waals surface area (Å²) in [6, 6.07) is 13.9. The Hall–Kier alpha value is -3.28. The van der Waals surface area contributed by atoms with Gasteiger partial charge in [-0.05, 0) is 23.8 Å². The molecule has 3 aromatic rings. The van der Waals surface area contributed by atoms with Crippen molar-refractivity contribution in [2.45, 2.75) is 18.4 Å². The molecule has 4 rings (SSSR count). The van der Waals surface area contributed by atoms with Crippen molar-refractivity contribution in [1.82, 2.24) is 4.68 Å². The lowest BCUT2D eigenvalue weighted by Gasteiger charge is -2.25. The number of fused-ring (bicyclic) bond motifs is 3. The monoisotopic (exact) mass is 336 g/mol. The van der Waals surface area contributed by atoms with Gasteiger partial charge in [-0.2, -0.15) is 0 Å². The van der Waals surface area contributed by atoms with Crippen molar-refractivity contribution >= 4 is 23.2 Å². The minimum absolute atomic E-state index is 0.132. The normalized spacial score (nSPS) is 18.7. The lowest BCUT2D eigenvalue weighted by atomic mass is 9.87. The largest absolute Gasteiger partial charge is 0.508 e. The van der Waals surface area contributed by atoms with Gasteiger partial charge in [-0.15, -0.1) is 0 Å². The zero-order valence-electron chi connectivity index (χ0n) is 13.3. The van der Waals surface area contributed by atoms with Crippen LogP contribution >= 0.6 is 0 Å². The maximum absolute atomic E-state index is 12.1. The molecular weight excluding hydrogens is 320 g/mol. The van der Waals surface area contributed by atoms with Gasteiger partial charge in [0.2, 0.25) is 0 Å². The number of phenolic OH excluding ortho intramolecular Hbond substituents is 1. The maximum Gasteiger partial charge on any atom is 0.331 e. The Morgan fingerprint density at radius 3 is 2.60 bits per heavy atom. The number of aromatic hydroxyl groups is 1. The fraction of sp³-hybridized carbons (Fsp3) is 0.158. The Kier molecular flexibility index (Phi) is 3.28. The summed E-state index contributed by atoms with van der Waals surface area (Å²) < 4.78 is 1.72. The van der Waals surface area contributed by atoms with E-state index in [9.17, 15) is 19.8 Å². The predicted octanol–water partition coefficient (Wildman–Crippen LogP) is 2.33. The number of carboxylic acid groups (broad SMARTS) is 1. The van der Waals surface area contributed by atoms with Crippen LogP contribution in [0.4, 0.5) is 0 Å². The average Bonchev–Trinajstić information content (AvgIpc) is 3.11. The van der Waals surface area contributed by atoms with Crippen LogP contribution in [0.5, 0.6) is 5.75 Å². The summed E-state index contributed by atoms with van der Waals surface area (Å²) in [5.74, 6) is -0.849. The number of aldehydes is 1. The summed E-state index contributed by atoms with van der Waals surface area (Å²) >= 11 is 0. The van der Waals surface area contributed by atoms with E-state index in [0.717, 1.165) is 22.8 Å². The standard InChI is InChI=1S/C19H16N2O4/c22-11-15-14-3-1-2-4-16(14)21-17(15)10-19(20-21,18(24)25)9-12-5-7-13(23)8-6-12/h1-8,11,20,23H,9-10H2,(H,24,25)/t19-/m1/s1. The molecule has 126 valence electrons. The molecule has 2 aromatic carbocycles. The van der Waals surface area contributed by atoms with Crippen molar-refractivity contribution in [2.75, 3.05) is 5.43 Å². The minimum atomic E-state index is -1.24. The number of para-hydroxylation sites is 1. The highest BCUT2D eigenvalue weighted by Crippen LogP contribution is 2.35. The molecule has 1 aliphatic heterocycles. The van der Waals surface area contributed by atoms with Crippen LogP contribution in [0.3, 0.4) is 0 Å². The summed E-state index contributed by atoms with van der Waals surface area (Å²) in [5.41, 5.74) is 4.64. The highest BCUT2D eigenvalue weighted by atomic mass is 16.4. The molecule has 2 heterocycles. The number of carboxylic acids is 1. The van der Waals surface area contributed by atoms with E-state index in [2.05, 4.69) is 5.43 Å². The molecule has 25 heavy (non-hydrogen) atoms. The second-order valence-corrected chi connectivity index (χ2v) is 6.35. The smallest absolute Gasteiger partial charge is 0.331 e. The number of benzene rings is 2. The van der Waals surface area contributed by atoms with Crippen LogP contribution in [-0.4, -0.2) is 32.7 Å². The van der Waals surface area contributed by atoms with Crippen LogP contribution in [-0.2, 0) is 17.6 Å². The lowest BCUT2D eigenvalue weighted by molar-refractivity contribution is -0.142. The highest BCUT2D eigenvalue weighted by Gasteiger charge is 2.46. The molecule has 0 amide bonds. The van der Waals surface area contributed by atoms with Gasteiger partial charge in [0, 0.05) is 23.8 Å². The minimum Gasteiger partial charge on any atom is -0.508 e. The second kappa shape index (κ2) is 5.37. The number of rotatable bonds is 4. The first-order valence-electron chi connectivity index (χ1n) is 7.91. The van der Waals surface area contributed by atoms with Crippen molar-refractivity contribution in [3.63, 3.8) is 0 Å². The lowest BCUT2D eigenvalue weighted by Crippen LogP contribution is -2.49. The van der Waals surface area contributed by atoms with Crippen molar-refractivity contribution in [1.29, 1.82) is 0 Å². The van der Waals surface area contributed by atoms with E-state index in [-0.39, 0.29) is 18.6 Å². The van der Waals surface area contributed by atoms with Gasteiger partial charge in [0.25, 0.3) is 0 Å². The summed E-state index contributed by atoms with van der Waals surface area (Å²) in [6.45, 7) is 0. The van der Waals surface area contributed by atoms with Crippen LogP contribution < -0.4 is 5.43 Å². The molecule has 1 aliphatic rings. The molecule has 0 unspecified atom stereocenters. The molecular formula is C19H16N2O4. The topological polar surface area (TPSA) is 91.6 Å². The summed E-state index contributed by atoms with van der Waals surface area (Å²) in [4.78, 5) is 23.7. The van der Waals surface area contributed by atoms with E-state index in [1.165, 1.54) is 12.1 Å². The Bertz CT molecular complexity index is 991. The van der Waals surface area contributed by atoms with E-state index >= 15 is 0 Å². The van der Waals surface area contributed by atoms with E-state index in [1.54, 1.807) is 16.8 Å². The molecule has 1 aromatic heterocycles. The van der Waals surface area contributed by atoms with Gasteiger partial charge in [0.05, 0.1) is 11.2 Å². The molecule has 6 nitrogen and oxygen atoms in total. The molecule has 0 bridgehead atoms. The molecule has 0 spiro atoms. The number of nitrogens with zero attached hydrogens (tertiary/aromatic N) is 1. The molecule has 1 atom stereocenters. The number of hydrogen-bond donors (Lipinski definition) is 3. The molecule has 0 fully saturated rings. The van der Waals surface area contributed by atoms with Gasteiger partial charge >= 0.3 is 5.97 Å². The first-order chi connectivity index (χ1) is 12.0. The van der Waals surface area contributed by atoms with Gasteiger partial charge < -0.3 is 15.6 Å². The predicted molar refractivity (Wildman–Crippen MR) is 92.6 cm³/mol. The van der Waals surface area contributed by atoms with Crippen LogP contribution in [0.2, 0.25) is 0 Å². The Labute approximate surface area is 143 Å². The number of aromatic nitrogens is 1. The quantitative estimate of drug-likeness (QED) is 0.636. The fourth-order valence-electron chi connectivity index (χ4n) is 3.55. The molecule has 6 heteroatoms. The fourth-order valence-corrected chi connectivity index (χ4v) is 3.55. The van der Waals surface area contributed by atoms with Crippen LogP contribution in [0.15, 0.2) is 48.5 Å². The van der Waals surface area contributed by atoms with E-state index in [4.69, 9.17) is 0 Å². The van der Waals surface area contributed by atoms with E-state index < -0.39 is 11.5 Å².